The first kappa shape index (κ1) is 65.2. The second-order valence-corrected chi connectivity index (χ2v) is 17.8. The van der Waals surface area contributed by atoms with E-state index in [2.05, 4.69) is 85.6 Å². The number of aromatic nitrogens is 18. The standard InChI is InChI=1S/C52H72N20O12/c1-5-19-75-27-31-81-41-45-35-67(59-53-45)13-9-65(10-14-68-36-46(54-60-68)42-82-32-28-76-20-6-2)51(73)49-39-71(63-57-49)17-23-79-25-26-80-24-18-72-40-50(58-64-72)52(74)66(11-15-69-37-47(55-61-69)43-83-33-29-77-21-7-3)12-16-70-38-48(56-62-70)44-84-34-30-78-22-8-4/h1-4,35-40,51,73H,9-34,41-44H2. The lowest BCUT2D eigenvalue weighted by atomic mass is 10.3. The Morgan fingerprint density at radius 2 is 0.726 bits per heavy atom. The summed E-state index contributed by atoms with van der Waals surface area (Å²) >= 11 is 0. The lowest BCUT2D eigenvalue weighted by Gasteiger charge is -2.26. The molecule has 0 spiro atoms. The Bertz CT molecular complexity index is 2790. The number of carbonyl (C=O) groups is 1. The maximum absolute atomic E-state index is 13.9. The zero-order valence-electron chi connectivity index (χ0n) is 46.9. The predicted octanol–water partition coefficient (Wildman–Crippen LogP) is -1.83. The van der Waals surface area contributed by atoms with E-state index in [0.29, 0.717) is 154 Å². The van der Waals surface area contributed by atoms with Gasteiger partial charge in [0.1, 0.15) is 54.9 Å². The van der Waals surface area contributed by atoms with Crippen LogP contribution >= 0.6 is 0 Å². The highest BCUT2D eigenvalue weighted by atomic mass is 16.5. The van der Waals surface area contributed by atoms with Crippen LogP contribution in [-0.4, -0.2) is 243 Å². The fourth-order valence-electron chi connectivity index (χ4n) is 7.37. The highest BCUT2D eigenvalue weighted by molar-refractivity contribution is 5.91. The number of hydrogen-bond acceptors (Lipinski definition) is 25. The van der Waals surface area contributed by atoms with E-state index in [4.69, 9.17) is 73.1 Å². The minimum Gasteiger partial charge on any atom is -0.377 e. The number of amides is 1. The van der Waals surface area contributed by atoms with Crippen LogP contribution in [0.4, 0.5) is 0 Å². The fraction of sp³-hybridized carbons (Fsp3) is 0.596. The van der Waals surface area contributed by atoms with E-state index in [0.717, 1.165) is 0 Å². The van der Waals surface area contributed by atoms with Crippen molar-refractivity contribution in [3.63, 3.8) is 0 Å². The smallest absolute Gasteiger partial charge is 0.276 e. The molecule has 0 bridgehead atoms. The van der Waals surface area contributed by atoms with Gasteiger partial charge < -0.3 is 57.4 Å². The molecule has 1 atom stereocenters. The summed E-state index contributed by atoms with van der Waals surface area (Å²) in [5, 5.41) is 62.1. The largest absolute Gasteiger partial charge is 0.377 e. The Morgan fingerprint density at radius 1 is 0.405 bits per heavy atom. The molecular weight excluding hydrogens is 1100 g/mol. The van der Waals surface area contributed by atoms with E-state index in [-0.39, 0.29) is 84.2 Å². The molecule has 0 aromatic carbocycles. The van der Waals surface area contributed by atoms with Crippen molar-refractivity contribution in [2.75, 3.05) is 132 Å². The van der Waals surface area contributed by atoms with Crippen molar-refractivity contribution in [2.45, 2.75) is 71.9 Å². The van der Waals surface area contributed by atoms with Gasteiger partial charge in [0, 0.05) is 26.2 Å². The first-order valence-electron chi connectivity index (χ1n) is 26.9. The highest BCUT2D eigenvalue weighted by Gasteiger charge is 2.23. The van der Waals surface area contributed by atoms with Crippen LogP contribution < -0.4 is 0 Å². The second-order valence-electron chi connectivity index (χ2n) is 17.8. The monoisotopic (exact) mass is 1170 g/mol. The highest BCUT2D eigenvalue weighted by Crippen LogP contribution is 2.16. The molecule has 0 saturated heterocycles. The summed E-state index contributed by atoms with van der Waals surface area (Å²) in [5.74, 6) is 9.30. The molecule has 1 unspecified atom stereocenters. The Labute approximate surface area is 486 Å². The van der Waals surface area contributed by atoms with Crippen LogP contribution in [0.1, 0.15) is 45.2 Å². The maximum atomic E-state index is 13.9. The molecule has 0 radical (unpaired) electrons. The van der Waals surface area contributed by atoms with Crippen molar-refractivity contribution in [3.8, 4) is 49.4 Å². The molecule has 6 aromatic heterocycles. The van der Waals surface area contributed by atoms with Gasteiger partial charge in [-0.2, -0.15) is 0 Å². The van der Waals surface area contributed by atoms with Gasteiger partial charge in [0.25, 0.3) is 5.91 Å². The first-order chi connectivity index (χ1) is 41.3. The van der Waals surface area contributed by atoms with E-state index in [1.807, 2.05) is 4.90 Å². The number of aliphatic hydroxyl groups excluding tert-OH is 1. The van der Waals surface area contributed by atoms with Crippen molar-refractivity contribution in [2.24, 2.45) is 0 Å². The van der Waals surface area contributed by atoms with Gasteiger partial charge in [-0.3, -0.25) is 28.4 Å². The minimum atomic E-state index is -1.12. The number of nitrogens with zero attached hydrogens (tertiary/aromatic N) is 20. The Hall–Kier alpha value is -7.93. The average Bonchev–Trinajstić information content (AvgIpc) is 4.42. The third-order valence-corrected chi connectivity index (χ3v) is 11.5. The van der Waals surface area contributed by atoms with Crippen molar-refractivity contribution >= 4 is 5.91 Å². The van der Waals surface area contributed by atoms with Crippen LogP contribution in [0, 0.1) is 49.4 Å². The van der Waals surface area contributed by atoms with Crippen LogP contribution in [0.25, 0.3) is 0 Å². The third kappa shape index (κ3) is 25.3. The van der Waals surface area contributed by atoms with Crippen LogP contribution in [0.15, 0.2) is 37.2 Å². The Kier molecular flexibility index (Phi) is 30.7. The number of ether oxygens (including phenoxy) is 10. The van der Waals surface area contributed by atoms with Gasteiger partial charge in [0.15, 0.2) is 11.9 Å². The van der Waals surface area contributed by atoms with E-state index >= 15 is 0 Å². The summed E-state index contributed by atoms with van der Waals surface area (Å²) in [6, 6.07) is 0. The van der Waals surface area contributed by atoms with Gasteiger partial charge in [0.05, 0.1) is 182 Å². The topological polar surface area (TPSA) is 320 Å². The summed E-state index contributed by atoms with van der Waals surface area (Å²) < 4.78 is 64.8. The van der Waals surface area contributed by atoms with E-state index in [1.54, 1.807) is 70.2 Å². The van der Waals surface area contributed by atoms with Gasteiger partial charge in [-0.05, 0) is 0 Å². The Balaban J connectivity index is 0.927. The van der Waals surface area contributed by atoms with E-state index in [1.165, 1.54) is 0 Å². The molecule has 32 heteroatoms. The second kappa shape index (κ2) is 39.5. The van der Waals surface area contributed by atoms with Crippen molar-refractivity contribution in [1.29, 1.82) is 0 Å². The molecule has 6 heterocycles. The predicted molar refractivity (Wildman–Crippen MR) is 291 cm³/mol. The molecule has 0 aliphatic rings. The molecule has 32 nitrogen and oxygen atoms in total. The van der Waals surface area contributed by atoms with Crippen molar-refractivity contribution in [1.82, 2.24) is 99.8 Å². The quantitative estimate of drug-likeness (QED) is 0.0249. The first-order valence-corrected chi connectivity index (χ1v) is 26.9. The van der Waals surface area contributed by atoms with E-state index in [9.17, 15) is 9.90 Å². The van der Waals surface area contributed by atoms with Gasteiger partial charge >= 0.3 is 0 Å². The molecule has 0 saturated carbocycles. The van der Waals surface area contributed by atoms with Crippen molar-refractivity contribution < 1.29 is 57.3 Å². The molecule has 0 aliphatic heterocycles. The van der Waals surface area contributed by atoms with Crippen LogP contribution in [0.2, 0.25) is 0 Å². The lowest BCUT2D eigenvalue weighted by molar-refractivity contribution is -0.00717. The van der Waals surface area contributed by atoms with Crippen LogP contribution in [-0.2, 0) is 113 Å². The zero-order chi connectivity index (χ0) is 59.1. The summed E-state index contributed by atoms with van der Waals surface area (Å²) in [6.07, 6.45) is 30.1. The van der Waals surface area contributed by atoms with Gasteiger partial charge in [-0.25, -0.2) is 9.36 Å². The number of carbonyl (C=O) groups excluding carboxylic acids is 1. The molecule has 6 rings (SSSR count). The average molecular weight is 1170 g/mol. The minimum absolute atomic E-state index is 0.153. The SMILES string of the molecule is C#CCOCCOCc1cn(CCN(CCn2cc(COCCOCC#C)nn2)C(=O)c2cn(CCOCCOCCn3cc(C(O)N(CCn4cc(COCCOCC#C)nn4)CCn4cc(COCCOCC#C)nn4)nn3)nn2)nn1. The molecule has 1 N–H and O–H groups in total. The molecule has 452 valence electrons. The summed E-state index contributed by atoms with van der Waals surface area (Å²) in [6.45, 7) is 9.33. The molecule has 0 fully saturated rings. The summed E-state index contributed by atoms with van der Waals surface area (Å²) in [7, 11) is 0. The van der Waals surface area contributed by atoms with Gasteiger partial charge in [-0.1, -0.05) is 55.0 Å². The molecular formula is C52H72N20O12. The summed E-state index contributed by atoms with van der Waals surface area (Å²) in [5.41, 5.74) is 3.02. The van der Waals surface area contributed by atoms with Crippen LogP contribution in [0.5, 0.6) is 0 Å². The van der Waals surface area contributed by atoms with E-state index < -0.39 is 6.23 Å². The summed E-state index contributed by atoms with van der Waals surface area (Å²) in [4.78, 5) is 17.4. The number of hydrogen-bond donors (Lipinski definition) is 1. The molecule has 6 aromatic rings. The number of terminal acetylenes is 4. The molecule has 0 aliphatic carbocycles. The number of rotatable bonds is 48. The zero-order valence-corrected chi connectivity index (χ0v) is 46.9. The number of aliphatic hydroxyl groups is 1. The maximum Gasteiger partial charge on any atom is 0.276 e. The van der Waals surface area contributed by atoms with Gasteiger partial charge in [-0.15, -0.1) is 56.3 Å². The van der Waals surface area contributed by atoms with Gasteiger partial charge in [0.2, 0.25) is 0 Å². The fourth-order valence-corrected chi connectivity index (χ4v) is 7.37. The molecule has 1 amide bonds. The third-order valence-electron chi connectivity index (χ3n) is 11.5. The normalized spacial score (nSPS) is 11.7. The van der Waals surface area contributed by atoms with Crippen molar-refractivity contribution in [3.05, 3.63) is 71.3 Å². The van der Waals surface area contributed by atoms with Crippen LogP contribution in [0.3, 0.4) is 0 Å². The lowest BCUT2D eigenvalue weighted by Crippen LogP contribution is -2.37. The Morgan fingerprint density at radius 3 is 1.12 bits per heavy atom. The molecule has 84 heavy (non-hydrogen) atoms.